The summed E-state index contributed by atoms with van der Waals surface area (Å²) in [7, 11) is 1.83. The Hall–Kier alpha value is -1.85. The van der Waals surface area contributed by atoms with Crippen molar-refractivity contribution in [3.63, 3.8) is 0 Å². The molecular weight excluding hydrogens is 242 g/mol. The maximum atomic E-state index is 11.7. The van der Waals surface area contributed by atoms with Crippen molar-refractivity contribution < 1.29 is 4.79 Å². The van der Waals surface area contributed by atoms with E-state index in [1.54, 1.807) is 17.3 Å². The number of anilines is 2. The van der Waals surface area contributed by atoms with E-state index in [1.165, 1.54) is 0 Å². The third-order valence-electron chi connectivity index (χ3n) is 2.46. The Balaban J connectivity index is 2.54. The van der Waals surface area contributed by atoms with E-state index in [0.717, 1.165) is 12.4 Å². The van der Waals surface area contributed by atoms with E-state index >= 15 is 0 Å². The van der Waals surface area contributed by atoms with Gasteiger partial charge in [0.25, 0.3) is 0 Å². The number of carbonyl (C=O) groups excluding carboxylic acids is 1. The quantitative estimate of drug-likeness (QED) is 0.773. The monoisotopic (exact) mass is 265 g/mol. The molecule has 2 N–H and O–H groups in total. The lowest BCUT2D eigenvalue weighted by Crippen LogP contribution is -2.37. The van der Waals surface area contributed by atoms with Gasteiger partial charge in [0, 0.05) is 20.1 Å². The van der Waals surface area contributed by atoms with Crippen LogP contribution >= 0.6 is 0 Å². The van der Waals surface area contributed by atoms with Crippen molar-refractivity contribution in [1.82, 2.24) is 15.3 Å². The van der Waals surface area contributed by atoms with Crippen LogP contribution in [0.5, 0.6) is 0 Å². The van der Waals surface area contributed by atoms with Gasteiger partial charge in [-0.2, -0.15) is 0 Å². The number of hydrogen-bond acceptors (Lipinski definition) is 5. The van der Waals surface area contributed by atoms with Gasteiger partial charge >= 0.3 is 0 Å². The Bertz CT molecular complexity index is 408. The van der Waals surface area contributed by atoms with Crippen molar-refractivity contribution in [3.8, 4) is 0 Å². The predicted molar refractivity (Wildman–Crippen MR) is 77.3 cm³/mol. The summed E-state index contributed by atoms with van der Waals surface area (Å²) in [5.74, 6) is 1.84. The molecule has 6 heteroatoms. The molecule has 0 aliphatic heterocycles. The molecule has 0 radical (unpaired) electrons. The van der Waals surface area contributed by atoms with Gasteiger partial charge in [-0.25, -0.2) is 4.98 Å². The highest BCUT2D eigenvalue weighted by molar-refractivity contribution is 5.80. The number of carbonyl (C=O) groups is 1. The van der Waals surface area contributed by atoms with Crippen molar-refractivity contribution in [1.29, 1.82) is 0 Å². The minimum atomic E-state index is -0.00754. The fourth-order valence-electron chi connectivity index (χ4n) is 1.48. The minimum Gasteiger partial charge on any atom is -0.369 e. The molecule has 106 valence electrons. The lowest BCUT2D eigenvalue weighted by atomic mass is 10.2. The van der Waals surface area contributed by atoms with Gasteiger partial charge in [0.15, 0.2) is 0 Å². The molecule has 1 rings (SSSR count). The third kappa shape index (κ3) is 5.54. The smallest absolute Gasteiger partial charge is 0.239 e. The van der Waals surface area contributed by atoms with Crippen molar-refractivity contribution in [2.75, 3.05) is 36.9 Å². The molecule has 0 fully saturated rings. The van der Waals surface area contributed by atoms with Gasteiger partial charge in [-0.1, -0.05) is 13.8 Å². The first-order valence-electron chi connectivity index (χ1n) is 6.56. The summed E-state index contributed by atoms with van der Waals surface area (Å²) in [6, 6.07) is 0. The Kier molecular flexibility index (Phi) is 6.05. The van der Waals surface area contributed by atoms with Gasteiger partial charge in [0.2, 0.25) is 5.91 Å². The van der Waals surface area contributed by atoms with Crippen LogP contribution in [-0.2, 0) is 4.79 Å². The lowest BCUT2D eigenvalue weighted by Gasteiger charge is -2.18. The van der Waals surface area contributed by atoms with Crippen molar-refractivity contribution in [2.24, 2.45) is 5.92 Å². The molecule has 0 unspecified atom stereocenters. The van der Waals surface area contributed by atoms with E-state index < -0.39 is 0 Å². The first-order chi connectivity index (χ1) is 9.02. The first-order valence-corrected chi connectivity index (χ1v) is 6.56. The highest BCUT2D eigenvalue weighted by atomic mass is 16.2. The topological polar surface area (TPSA) is 70.2 Å². The van der Waals surface area contributed by atoms with Gasteiger partial charge in [-0.3, -0.25) is 9.78 Å². The van der Waals surface area contributed by atoms with Crippen molar-refractivity contribution in [3.05, 3.63) is 12.4 Å². The molecular formula is C13H23N5O. The van der Waals surface area contributed by atoms with E-state index in [0.29, 0.717) is 18.3 Å². The third-order valence-corrected chi connectivity index (χ3v) is 2.46. The van der Waals surface area contributed by atoms with Crippen LogP contribution in [0.25, 0.3) is 0 Å². The number of nitrogens with one attached hydrogen (secondary N) is 2. The Labute approximate surface area is 114 Å². The maximum Gasteiger partial charge on any atom is 0.239 e. The SMILES string of the molecule is CCNc1cncc(N(C)CC(=O)NCC(C)C)n1. The van der Waals surface area contributed by atoms with Crippen LogP contribution in [0.4, 0.5) is 11.6 Å². The second-order valence-electron chi connectivity index (χ2n) is 4.85. The van der Waals surface area contributed by atoms with Gasteiger partial charge in [-0.05, 0) is 12.8 Å². The number of rotatable bonds is 7. The average molecular weight is 265 g/mol. The molecule has 1 amide bonds. The van der Waals surface area contributed by atoms with Crippen LogP contribution in [0.3, 0.4) is 0 Å². The lowest BCUT2D eigenvalue weighted by molar-refractivity contribution is -0.119. The van der Waals surface area contributed by atoms with Gasteiger partial charge < -0.3 is 15.5 Å². The summed E-state index contributed by atoms with van der Waals surface area (Å²) in [5, 5.41) is 5.97. The summed E-state index contributed by atoms with van der Waals surface area (Å²) < 4.78 is 0. The average Bonchev–Trinajstić information content (AvgIpc) is 2.37. The second-order valence-corrected chi connectivity index (χ2v) is 4.85. The fourth-order valence-corrected chi connectivity index (χ4v) is 1.48. The number of likely N-dealkylation sites (N-methyl/N-ethyl adjacent to an activating group) is 1. The molecule has 1 heterocycles. The zero-order chi connectivity index (χ0) is 14.3. The van der Waals surface area contributed by atoms with Crippen LogP contribution < -0.4 is 15.5 Å². The Morgan fingerprint density at radius 2 is 2.16 bits per heavy atom. The van der Waals surface area contributed by atoms with Crippen LogP contribution in [0.2, 0.25) is 0 Å². The predicted octanol–water partition coefficient (Wildman–Crippen LogP) is 1.12. The van der Waals surface area contributed by atoms with Crippen LogP contribution in [0.1, 0.15) is 20.8 Å². The number of aromatic nitrogens is 2. The van der Waals surface area contributed by atoms with Gasteiger partial charge in [0.05, 0.1) is 18.9 Å². The molecule has 0 aromatic carbocycles. The summed E-state index contributed by atoms with van der Waals surface area (Å²) in [4.78, 5) is 22.0. The molecule has 1 aromatic rings. The van der Waals surface area contributed by atoms with E-state index in [4.69, 9.17) is 0 Å². The number of amides is 1. The van der Waals surface area contributed by atoms with Gasteiger partial charge in [-0.15, -0.1) is 0 Å². The van der Waals surface area contributed by atoms with E-state index in [2.05, 4.69) is 34.4 Å². The maximum absolute atomic E-state index is 11.7. The molecule has 0 aliphatic rings. The number of hydrogen-bond donors (Lipinski definition) is 2. The van der Waals surface area contributed by atoms with Crippen LogP contribution in [-0.4, -0.2) is 42.6 Å². The fraction of sp³-hybridized carbons (Fsp3) is 0.615. The normalized spacial score (nSPS) is 10.4. The van der Waals surface area contributed by atoms with Crippen LogP contribution in [0, 0.1) is 5.92 Å². The molecule has 1 aromatic heterocycles. The summed E-state index contributed by atoms with van der Waals surface area (Å²) in [6.07, 6.45) is 3.32. The zero-order valence-corrected chi connectivity index (χ0v) is 12.1. The number of nitrogens with zero attached hydrogens (tertiary/aromatic N) is 3. The Morgan fingerprint density at radius 1 is 1.42 bits per heavy atom. The molecule has 0 atom stereocenters. The second kappa shape index (κ2) is 7.56. The summed E-state index contributed by atoms with van der Waals surface area (Å²) in [5.41, 5.74) is 0. The molecule has 0 bridgehead atoms. The molecule has 0 spiro atoms. The van der Waals surface area contributed by atoms with Crippen LogP contribution in [0.15, 0.2) is 12.4 Å². The van der Waals surface area contributed by atoms with Gasteiger partial charge in [0.1, 0.15) is 11.6 Å². The highest BCUT2D eigenvalue weighted by Crippen LogP contribution is 2.10. The standard InChI is InChI=1S/C13H23N5O/c1-5-15-11-7-14-8-12(17-11)18(4)9-13(19)16-6-10(2)3/h7-8,10H,5-6,9H2,1-4H3,(H,15,17)(H,16,19). The summed E-state index contributed by atoms with van der Waals surface area (Å²) >= 11 is 0. The largest absolute Gasteiger partial charge is 0.369 e. The molecule has 0 saturated heterocycles. The summed E-state index contributed by atoms with van der Waals surface area (Å²) in [6.45, 7) is 7.88. The minimum absolute atomic E-state index is 0.00754. The van der Waals surface area contributed by atoms with E-state index in [1.807, 2.05) is 14.0 Å². The molecule has 6 nitrogen and oxygen atoms in total. The highest BCUT2D eigenvalue weighted by Gasteiger charge is 2.09. The molecule has 19 heavy (non-hydrogen) atoms. The van der Waals surface area contributed by atoms with Crippen molar-refractivity contribution >= 4 is 17.5 Å². The van der Waals surface area contributed by atoms with E-state index in [9.17, 15) is 4.79 Å². The van der Waals surface area contributed by atoms with E-state index in [-0.39, 0.29) is 12.5 Å². The molecule has 0 saturated carbocycles. The van der Waals surface area contributed by atoms with Crippen molar-refractivity contribution in [2.45, 2.75) is 20.8 Å². The zero-order valence-electron chi connectivity index (χ0n) is 12.1. The molecule has 0 aliphatic carbocycles. The first kappa shape index (κ1) is 15.2. The Morgan fingerprint density at radius 3 is 2.79 bits per heavy atom.